The Morgan fingerprint density at radius 1 is 1.14 bits per heavy atom. The average molecular weight is 332 g/mol. The maximum atomic E-state index is 12.3. The fourth-order valence-corrected chi connectivity index (χ4v) is 4.19. The van der Waals surface area contributed by atoms with Crippen LogP contribution in [-0.4, -0.2) is 18.4 Å². The van der Waals surface area contributed by atoms with Crippen molar-refractivity contribution >= 4 is 21.2 Å². The molecule has 112 valence electrons. The molecule has 0 aliphatic heterocycles. The Balaban J connectivity index is 1.88. The zero-order valence-electron chi connectivity index (χ0n) is 11.4. The predicted molar refractivity (Wildman–Crippen MR) is 85.5 cm³/mol. The largest absolute Gasteiger partial charge is 0.329 e. The van der Waals surface area contributed by atoms with E-state index < -0.39 is 9.84 Å². The average Bonchev–Trinajstić information content (AvgIpc) is 2.96. The molecule has 0 atom stereocenters. The highest BCUT2D eigenvalue weighted by atomic mass is 32.2. The number of aromatic nitrogens is 2. The number of benzene rings is 1. The molecule has 3 rings (SSSR count). The lowest BCUT2D eigenvalue weighted by atomic mass is 10.3. The molecule has 0 radical (unpaired) electrons. The van der Waals surface area contributed by atoms with Gasteiger partial charge >= 0.3 is 0 Å². The Morgan fingerprint density at radius 2 is 1.91 bits per heavy atom. The standard InChI is InChI=1S/C15H12N2O3S2/c18-14-8-11(6-7-16-14)15-17-12(9-21-15)10-22(19,20)13-4-2-1-3-5-13/h1-9H,10H2,(H,16,18). The van der Waals surface area contributed by atoms with Gasteiger partial charge < -0.3 is 4.98 Å². The molecule has 0 spiro atoms. The first-order chi connectivity index (χ1) is 10.5. The molecule has 0 amide bonds. The van der Waals surface area contributed by atoms with Crippen LogP contribution in [0.25, 0.3) is 10.6 Å². The predicted octanol–water partition coefficient (Wildman–Crippen LogP) is 2.47. The summed E-state index contributed by atoms with van der Waals surface area (Å²) in [4.78, 5) is 18.4. The van der Waals surface area contributed by atoms with Gasteiger partial charge in [-0.2, -0.15) is 0 Å². The van der Waals surface area contributed by atoms with Crippen molar-refractivity contribution in [3.05, 3.63) is 70.1 Å². The van der Waals surface area contributed by atoms with Crippen molar-refractivity contribution in [2.75, 3.05) is 0 Å². The van der Waals surface area contributed by atoms with Gasteiger partial charge in [0, 0.05) is 23.2 Å². The molecule has 2 heterocycles. The number of pyridine rings is 1. The van der Waals surface area contributed by atoms with E-state index in [2.05, 4.69) is 9.97 Å². The first-order valence-corrected chi connectivity index (χ1v) is 8.99. The highest BCUT2D eigenvalue weighted by Gasteiger charge is 2.17. The van der Waals surface area contributed by atoms with Gasteiger partial charge in [-0.3, -0.25) is 4.79 Å². The molecule has 22 heavy (non-hydrogen) atoms. The van der Waals surface area contributed by atoms with E-state index in [1.165, 1.54) is 17.4 Å². The summed E-state index contributed by atoms with van der Waals surface area (Å²) >= 11 is 1.32. The number of nitrogens with zero attached hydrogens (tertiary/aromatic N) is 1. The normalized spacial score (nSPS) is 11.5. The molecule has 1 aromatic carbocycles. The van der Waals surface area contributed by atoms with Crippen molar-refractivity contribution in [2.45, 2.75) is 10.6 Å². The number of H-pyrrole nitrogens is 1. The van der Waals surface area contributed by atoms with Crippen LogP contribution < -0.4 is 5.56 Å². The molecule has 1 N–H and O–H groups in total. The summed E-state index contributed by atoms with van der Waals surface area (Å²) < 4.78 is 24.6. The number of sulfone groups is 1. The molecule has 0 unspecified atom stereocenters. The lowest BCUT2D eigenvalue weighted by Crippen LogP contribution is -2.05. The van der Waals surface area contributed by atoms with E-state index in [1.807, 2.05) is 0 Å². The van der Waals surface area contributed by atoms with Gasteiger partial charge in [0.15, 0.2) is 9.84 Å². The Hall–Kier alpha value is -2.25. The molecule has 0 bridgehead atoms. The van der Waals surface area contributed by atoms with Crippen molar-refractivity contribution in [1.29, 1.82) is 0 Å². The number of hydrogen-bond acceptors (Lipinski definition) is 5. The van der Waals surface area contributed by atoms with Crippen LogP contribution in [0.5, 0.6) is 0 Å². The third-order valence-corrected chi connectivity index (χ3v) is 5.62. The zero-order valence-corrected chi connectivity index (χ0v) is 13.0. The van der Waals surface area contributed by atoms with E-state index in [0.717, 1.165) is 0 Å². The van der Waals surface area contributed by atoms with Crippen LogP contribution in [0.4, 0.5) is 0 Å². The molecule has 7 heteroatoms. The van der Waals surface area contributed by atoms with Crippen molar-refractivity contribution in [3.8, 4) is 10.6 Å². The lowest BCUT2D eigenvalue weighted by Gasteiger charge is -2.01. The molecule has 0 fully saturated rings. The zero-order chi connectivity index (χ0) is 15.6. The van der Waals surface area contributed by atoms with Crippen LogP contribution in [0.2, 0.25) is 0 Å². The summed E-state index contributed by atoms with van der Waals surface area (Å²) in [6.07, 6.45) is 1.54. The first kappa shape index (κ1) is 14.7. The van der Waals surface area contributed by atoms with Crippen molar-refractivity contribution in [1.82, 2.24) is 9.97 Å². The van der Waals surface area contributed by atoms with Crippen LogP contribution in [0.1, 0.15) is 5.69 Å². The van der Waals surface area contributed by atoms with E-state index in [1.54, 1.807) is 48.0 Å². The van der Waals surface area contributed by atoms with E-state index in [4.69, 9.17) is 0 Å². The molecule has 2 aromatic heterocycles. The summed E-state index contributed by atoms with van der Waals surface area (Å²) in [6.45, 7) is 0. The minimum Gasteiger partial charge on any atom is -0.329 e. The van der Waals surface area contributed by atoms with Gasteiger partial charge in [-0.1, -0.05) is 18.2 Å². The summed E-state index contributed by atoms with van der Waals surface area (Å²) in [5.74, 6) is -0.156. The van der Waals surface area contributed by atoms with Crippen molar-refractivity contribution in [3.63, 3.8) is 0 Å². The maximum absolute atomic E-state index is 12.3. The fraction of sp³-hybridized carbons (Fsp3) is 0.0667. The molecular weight excluding hydrogens is 320 g/mol. The van der Waals surface area contributed by atoms with Gasteiger partial charge in [-0.15, -0.1) is 11.3 Å². The number of nitrogens with one attached hydrogen (secondary N) is 1. The number of hydrogen-bond donors (Lipinski definition) is 1. The molecule has 3 aromatic rings. The smallest absolute Gasteiger partial charge is 0.248 e. The second-order valence-electron chi connectivity index (χ2n) is 4.66. The summed E-state index contributed by atoms with van der Waals surface area (Å²) in [7, 11) is -3.41. The van der Waals surface area contributed by atoms with E-state index in [9.17, 15) is 13.2 Å². The van der Waals surface area contributed by atoms with Gasteiger partial charge in [0.1, 0.15) is 5.01 Å². The van der Waals surface area contributed by atoms with Gasteiger partial charge in [-0.25, -0.2) is 13.4 Å². The molecule has 5 nitrogen and oxygen atoms in total. The number of rotatable bonds is 4. The van der Waals surface area contributed by atoms with Crippen LogP contribution in [0.15, 0.2) is 63.7 Å². The maximum Gasteiger partial charge on any atom is 0.248 e. The number of aromatic amines is 1. The Kier molecular flexibility index (Phi) is 3.91. The van der Waals surface area contributed by atoms with Crippen LogP contribution in [0, 0.1) is 0 Å². The minimum atomic E-state index is -3.41. The molecular formula is C15H12N2O3S2. The first-order valence-electron chi connectivity index (χ1n) is 6.46. The van der Waals surface area contributed by atoms with Crippen molar-refractivity contribution < 1.29 is 8.42 Å². The summed E-state index contributed by atoms with van der Waals surface area (Å²) in [5.41, 5.74) is 0.937. The van der Waals surface area contributed by atoms with Crippen LogP contribution in [-0.2, 0) is 15.6 Å². The second kappa shape index (κ2) is 5.86. The second-order valence-corrected chi connectivity index (χ2v) is 7.51. The highest BCUT2D eigenvalue weighted by molar-refractivity contribution is 7.90. The molecule has 0 aliphatic carbocycles. The molecule has 0 saturated heterocycles. The summed E-state index contributed by atoms with van der Waals surface area (Å²) in [5, 5.41) is 2.33. The van der Waals surface area contributed by atoms with E-state index in [-0.39, 0.29) is 16.2 Å². The quantitative estimate of drug-likeness (QED) is 0.796. The highest BCUT2D eigenvalue weighted by Crippen LogP contribution is 2.24. The Morgan fingerprint density at radius 3 is 2.64 bits per heavy atom. The van der Waals surface area contributed by atoms with Gasteiger partial charge in [0.05, 0.1) is 16.3 Å². The molecule has 0 aliphatic rings. The summed E-state index contributed by atoms with van der Waals surface area (Å²) in [6, 6.07) is 11.5. The monoisotopic (exact) mass is 332 g/mol. The fourth-order valence-electron chi connectivity index (χ4n) is 1.99. The SMILES string of the molecule is O=c1cc(-c2nc(CS(=O)(=O)c3ccccc3)cs2)cc[nH]1. The lowest BCUT2D eigenvalue weighted by molar-refractivity contribution is 0.595. The Labute approximate surface area is 131 Å². The van der Waals surface area contributed by atoms with E-state index in [0.29, 0.717) is 16.3 Å². The van der Waals surface area contributed by atoms with Gasteiger partial charge in [0.2, 0.25) is 5.56 Å². The van der Waals surface area contributed by atoms with Gasteiger partial charge in [0.25, 0.3) is 0 Å². The van der Waals surface area contributed by atoms with Gasteiger partial charge in [-0.05, 0) is 18.2 Å². The third kappa shape index (κ3) is 3.15. The van der Waals surface area contributed by atoms with Crippen molar-refractivity contribution in [2.24, 2.45) is 0 Å². The van der Waals surface area contributed by atoms with Crippen LogP contribution >= 0.6 is 11.3 Å². The topological polar surface area (TPSA) is 79.9 Å². The molecule has 0 saturated carbocycles. The number of thiazole rings is 1. The Bertz CT molecular complexity index is 944. The van der Waals surface area contributed by atoms with E-state index >= 15 is 0 Å². The minimum absolute atomic E-state index is 0.156. The van der Waals surface area contributed by atoms with Crippen LogP contribution in [0.3, 0.4) is 0 Å². The third-order valence-electron chi connectivity index (χ3n) is 3.01.